The minimum atomic E-state index is -0.677. The molecule has 0 aliphatic heterocycles. The van der Waals surface area contributed by atoms with E-state index in [1.54, 1.807) is 13.1 Å². The van der Waals surface area contributed by atoms with Gasteiger partial charge in [0.05, 0.1) is 6.21 Å². The van der Waals surface area contributed by atoms with Gasteiger partial charge in [-0.2, -0.15) is 0 Å². The SMILES string of the molecule is Cc1ccccc1/C=N\O[C@@H](C)C(=O)Nc1ccc(Br)cc1. The Morgan fingerprint density at radius 1 is 1.23 bits per heavy atom. The summed E-state index contributed by atoms with van der Waals surface area (Å²) in [6, 6.07) is 15.2. The molecular weight excluding hydrogens is 344 g/mol. The predicted octanol–water partition coefficient (Wildman–Crippen LogP) is 4.14. The first-order chi connectivity index (χ1) is 10.6. The summed E-state index contributed by atoms with van der Waals surface area (Å²) in [4.78, 5) is 17.2. The average molecular weight is 361 g/mol. The number of anilines is 1. The van der Waals surface area contributed by atoms with Crippen LogP contribution >= 0.6 is 15.9 Å². The summed E-state index contributed by atoms with van der Waals surface area (Å²) in [5, 5.41) is 6.66. The van der Waals surface area contributed by atoms with Crippen LogP contribution in [0, 0.1) is 6.92 Å². The zero-order chi connectivity index (χ0) is 15.9. The molecule has 22 heavy (non-hydrogen) atoms. The van der Waals surface area contributed by atoms with Gasteiger partial charge in [-0.1, -0.05) is 45.4 Å². The van der Waals surface area contributed by atoms with Crippen LogP contribution in [-0.2, 0) is 9.63 Å². The maximum atomic E-state index is 12.0. The second-order valence-corrected chi connectivity index (χ2v) is 5.75. The highest BCUT2D eigenvalue weighted by molar-refractivity contribution is 9.10. The Kier molecular flexibility index (Phi) is 5.72. The number of nitrogens with zero attached hydrogens (tertiary/aromatic N) is 1. The number of nitrogens with one attached hydrogen (secondary N) is 1. The van der Waals surface area contributed by atoms with E-state index in [4.69, 9.17) is 4.84 Å². The van der Waals surface area contributed by atoms with Crippen LogP contribution in [0.25, 0.3) is 0 Å². The number of aryl methyl sites for hydroxylation is 1. The third-order valence-electron chi connectivity index (χ3n) is 3.08. The van der Waals surface area contributed by atoms with Crippen molar-refractivity contribution < 1.29 is 9.63 Å². The summed E-state index contributed by atoms with van der Waals surface area (Å²) in [6.45, 7) is 3.65. The van der Waals surface area contributed by atoms with Crippen LogP contribution in [0.1, 0.15) is 18.1 Å². The van der Waals surface area contributed by atoms with Gasteiger partial charge in [0.2, 0.25) is 6.10 Å². The monoisotopic (exact) mass is 360 g/mol. The molecule has 0 bridgehead atoms. The molecule has 2 aromatic carbocycles. The fourth-order valence-electron chi connectivity index (χ4n) is 1.74. The summed E-state index contributed by atoms with van der Waals surface area (Å²) in [6.07, 6.45) is 0.933. The highest BCUT2D eigenvalue weighted by atomic mass is 79.9. The second kappa shape index (κ2) is 7.75. The first kappa shape index (κ1) is 16.2. The summed E-state index contributed by atoms with van der Waals surface area (Å²) < 4.78 is 0.956. The molecule has 1 amide bonds. The normalized spacial score (nSPS) is 12.1. The highest BCUT2D eigenvalue weighted by Crippen LogP contribution is 2.14. The number of carbonyl (C=O) groups excluding carboxylic acids is 1. The Labute approximate surface area is 138 Å². The third-order valence-corrected chi connectivity index (χ3v) is 3.61. The molecule has 5 heteroatoms. The largest absolute Gasteiger partial charge is 0.383 e. The minimum absolute atomic E-state index is 0.246. The molecule has 0 heterocycles. The van der Waals surface area contributed by atoms with E-state index >= 15 is 0 Å². The Bertz CT molecular complexity index is 669. The molecule has 0 saturated carbocycles. The van der Waals surface area contributed by atoms with Gasteiger partial charge in [0.15, 0.2) is 0 Å². The second-order valence-electron chi connectivity index (χ2n) is 4.83. The molecule has 2 rings (SSSR count). The lowest BCUT2D eigenvalue weighted by Gasteiger charge is -2.10. The molecule has 2 aromatic rings. The van der Waals surface area contributed by atoms with Crippen molar-refractivity contribution in [3.05, 3.63) is 64.1 Å². The van der Waals surface area contributed by atoms with Gasteiger partial charge in [0, 0.05) is 10.2 Å². The van der Waals surface area contributed by atoms with E-state index in [1.807, 2.05) is 55.5 Å². The van der Waals surface area contributed by atoms with Crippen molar-refractivity contribution in [3.63, 3.8) is 0 Å². The predicted molar refractivity (Wildman–Crippen MR) is 92.1 cm³/mol. The summed E-state index contributed by atoms with van der Waals surface area (Å²) in [7, 11) is 0. The van der Waals surface area contributed by atoms with Gasteiger partial charge in [0.1, 0.15) is 0 Å². The number of carbonyl (C=O) groups is 1. The van der Waals surface area contributed by atoms with Crippen molar-refractivity contribution >= 4 is 33.7 Å². The first-order valence-corrected chi connectivity index (χ1v) is 7.67. The van der Waals surface area contributed by atoms with E-state index in [0.29, 0.717) is 5.69 Å². The average Bonchev–Trinajstić information content (AvgIpc) is 2.51. The van der Waals surface area contributed by atoms with Crippen molar-refractivity contribution in [2.45, 2.75) is 20.0 Å². The van der Waals surface area contributed by atoms with Gasteiger partial charge in [0.25, 0.3) is 5.91 Å². The van der Waals surface area contributed by atoms with Crippen LogP contribution in [0.2, 0.25) is 0 Å². The lowest BCUT2D eigenvalue weighted by atomic mass is 10.1. The highest BCUT2D eigenvalue weighted by Gasteiger charge is 2.14. The van der Waals surface area contributed by atoms with Crippen LogP contribution in [0.15, 0.2) is 58.2 Å². The van der Waals surface area contributed by atoms with Gasteiger partial charge >= 0.3 is 0 Å². The van der Waals surface area contributed by atoms with Gasteiger partial charge in [-0.3, -0.25) is 4.79 Å². The Morgan fingerprint density at radius 3 is 2.59 bits per heavy atom. The van der Waals surface area contributed by atoms with Crippen molar-refractivity contribution in [1.29, 1.82) is 0 Å². The number of amides is 1. The number of rotatable bonds is 5. The Balaban J connectivity index is 1.89. The topological polar surface area (TPSA) is 50.7 Å². The maximum absolute atomic E-state index is 12.0. The lowest BCUT2D eigenvalue weighted by Crippen LogP contribution is -2.26. The standard InChI is InChI=1S/C17H17BrN2O2/c1-12-5-3-4-6-14(12)11-19-22-13(2)17(21)20-16-9-7-15(18)8-10-16/h3-11,13H,1-2H3,(H,20,21)/b19-11-/t13-/m0/s1. The molecule has 4 nitrogen and oxygen atoms in total. The van der Waals surface area contributed by atoms with E-state index in [1.165, 1.54) is 0 Å². The van der Waals surface area contributed by atoms with E-state index in [-0.39, 0.29) is 5.91 Å². The number of halogens is 1. The fourth-order valence-corrected chi connectivity index (χ4v) is 2.00. The van der Waals surface area contributed by atoms with E-state index in [9.17, 15) is 4.79 Å². The smallest absolute Gasteiger partial charge is 0.267 e. The van der Waals surface area contributed by atoms with E-state index < -0.39 is 6.10 Å². The molecule has 0 unspecified atom stereocenters. The van der Waals surface area contributed by atoms with Crippen molar-refractivity contribution in [2.24, 2.45) is 5.16 Å². The molecule has 0 fully saturated rings. The van der Waals surface area contributed by atoms with E-state index in [0.717, 1.165) is 15.6 Å². The number of hydrogen-bond acceptors (Lipinski definition) is 3. The van der Waals surface area contributed by atoms with Crippen molar-refractivity contribution in [1.82, 2.24) is 0 Å². The van der Waals surface area contributed by atoms with Crippen LogP contribution in [0.3, 0.4) is 0 Å². The Morgan fingerprint density at radius 2 is 1.91 bits per heavy atom. The van der Waals surface area contributed by atoms with Crippen molar-refractivity contribution in [2.75, 3.05) is 5.32 Å². The lowest BCUT2D eigenvalue weighted by molar-refractivity contribution is -0.126. The quantitative estimate of drug-likeness (QED) is 0.643. The van der Waals surface area contributed by atoms with Crippen LogP contribution in [-0.4, -0.2) is 18.2 Å². The molecule has 0 saturated heterocycles. The molecule has 0 radical (unpaired) electrons. The van der Waals surface area contributed by atoms with Crippen LogP contribution < -0.4 is 5.32 Å². The summed E-state index contributed by atoms with van der Waals surface area (Å²) >= 11 is 3.35. The molecule has 0 aliphatic carbocycles. The molecule has 1 N–H and O–H groups in total. The first-order valence-electron chi connectivity index (χ1n) is 6.87. The minimum Gasteiger partial charge on any atom is -0.383 e. The fraction of sp³-hybridized carbons (Fsp3) is 0.176. The zero-order valence-corrected chi connectivity index (χ0v) is 14.0. The summed E-state index contributed by atoms with van der Waals surface area (Å²) in [5.74, 6) is -0.246. The van der Waals surface area contributed by atoms with Crippen LogP contribution in [0.4, 0.5) is 5.69 Å². The Hall–Kier alpha value is -2.14. The van der Waals surface area contributed by atoms with Gasteiger partial charge < -0.3 is 10.2 Å². The molecule has 1 atom stereocenters. The third kappa shape index (κ3) is 4.70. The van der Waals surface area contributed by atoms with Gasteiger partial charge in [-0.05, 0) is 49.2 Å². The molecule has 0 spiro atoms. The molecule has 114 valence electrons. The molecular formula is C17H17BrN2O2. The van der Waals surface area contributed by atoms with Gasteiger partial charge in [-0.15, -0.1) is 0 Å². The zero-order valence-electron chi connectivity index (χ0n) is 12.4. The number of oxime groups is 1. The summed E-state index contributed by atoms with van der Waals surface area (Å²) in [5.41, 5.74) is 2.77. The van der Waals surface area contributed by atoms with Crippen LogP contribution in [0.5, 0.6) is 0 Å². The number of benzene rings is 2. The maximum Gasteiger partial charge on any atom is 0.267 e. The van der Waals surface area contributed by atoms with E-state index in [2.05, 4.69) is 26.4 Å². The molecule has 0 aromatic heterocycles. The van der Waals surface area contributed by atoms with Gasteiger partial charge in [-0.25, -0.2) is 0 Å². The molecule has 0 aliphatic rings. The van der Waals surface area contributed by atoms with Crippen molar-refractivity contribution in [3.8, 4) is 0 Å². The number of hydrogen-bond donors (Lipinski definition) is 1.